The largest absolute Gasteiger partial charge is 0.492 e. The molecule has 5 heteroatoms. The Balaban J connectivity index is 2.68. The van der Waals surface area contributed by atoms with E-state index in [2.05, 4.69) is 15.9 Å². The van der Waals surface area contributed by atoms with Gasteiger partial charge in [0.15, 0.2) is 0 Å². The first kappa shape index (κ1) is 9.80. The average Bonchev–Trinajstić information content (AvgIpc) is 2.59. The topological polar surface area (TPSA) is 46.5 Å². The van der Waals surface area contributed by atoms with Crippen molar-refractivity contribution in [3.05, 3.63) is 26.7 Å². The molecule has 0 unspecified atom stereocenters. The van der Waals surface area contributed by atoms with Crippen LogP contribution in [0, 0.1) is 0 Å². The van der Waals surface area contributed by atoms with Gasteiger partial charge in [-0.1, -0.05) is 11.6 Å². The van der Waals surface area contributed by atoms with Gasteiger partial charge in [-0.05, 0) is 22.0 Å². The molecule has 1 aliphatic heterocycles. The lowest BCUT2D eigenvalue weighted by Gasteiger charge is -2.06. The molecule has 74 valence electrons. The SMILES string of the molecule is O=C(O)c1cc(Br)c2c(c1Cl)CCO2. The maximum atomic E-state index is 10.8. The van der Waals surface area contributed by atoms with Crippen LogP contribution >= 0.6 is 27.5 Å². The number of carboxylic acid groups (broad SMARTS) is 1. The molecule has 0 fully saturated rings. The summed E-state index contributed by atoms with van der Waals surface area (Å²) in [5, 5.41) is 9.16. The van der Waals surface area contributed by atoms with Gasteiger partial charge in [-0.2, -0.15) is 0 Å². The van der Waals surface area contributed by atoms with Gasteiger partial charge in [0.25, 0.3) is 0 Å². The molecular weight excluding hydrogens is 271 g/mol. The van der Waals surface area contributed by atoms with Crippen LogP contribution in [-0.2, 0) is 6.42 Å². The van der Waals surface area contributed by atoms with Crippen molar-refractivity contribution in [1.29, 1.82) is 0 Å². The molecule has 14 heavy (non-hydrogen) atoms. The van der Waals surface area contributed by atoms with Crippen molar-refractivity contribution < 1.29 is 14.6 Å². The molecule has 0 saturated heterocycles. The van der Waals surface area contributed by atoms with E-state index in [4.69, 9.17) is 21.4 Å². The molecule has 3 nitrogen and oxygen atoms in total. The summed E-state index contributed by atoms with van der Waals surface area (Å²) in [6.45, 7) is 0.552. The van der Waals surface area contributed by atoms with E-state index in [1.807, 2.05) is 0 Å². The Hall–Kier alpha value is -0.740. The Morgan fingerprint density at radius 3 is 3.00 bits per heavy atom. The highest BCUT2D eigenvalue weighted by atomic mass is 79.9. The van der Waals surface area contributed by atoms with Gasteiger partial charge in [-0.15, -0.1) is 0 Å². The number of carbonyl (C=O) groups is 1. The van der Waals surface area contributed by atoms with Crippen LogP contribution in [0.2, 0.25) is 5.02 Å². The van der Waals surface area contributed by atoms with Crippen LogP contribution in [0.5, 0.6) is 5.75 Å². The minimum absolute atomic E-state index is 0.114. The van der Waals surface area contributed by atoms with Gasteiger partial charge < -0.3 is 9.84 Å². The van der Waals surface area contributed by atoms with E-state index < -0.39 is 5.97 Å². The Morgan fingerprint density at radius 2 is 2.36 bits per heavy atom. The van der Waals surface area contributed by atoms with Gasteiger partial charge in [0, 0.05) is 12.0 Å². The summed E-state index contributed by atoms with van der Waals surface area (Å²) >= 11 is 9.19. The van der Waals surface area contributed by atoms with Crippen molar-refractivity contribution in [3.63, 3.8) is 0 Å². The summed E-state index contributed by atoms with van der Waals surface area (Å²) in [4.78, 5) is 10.8. The predicted molar refractivity (Wildman–Crippen MR) is 55.3 cm³/mol. The van der Waals surface area contributed by atoms with Crippen molar-refractivity contribution in [3.8, 4) is 5.75 Å². The standard InChI is InChI=1S/C9H6BrClO3/c10-6-3-5(9(12)13)7(11)4-1-2-14-8(4)6/h3H,1-2H2,(H,12,13). The minimum Gasteiger partial charge on any atom is -0.492 e. The lowest BCUT2D eigenvalue weighted by atomic mass is 10.1. The predicted octanol–water partition coefficient (Wildman–Crippen LogP) is 2.74. The number of benzene rings is 1. The molecular formula is C9H6BrClO3. The van der Waals surface area contributed by atoms with Gasteiger partial charge in [0.2, 0.25) is 0 Å². The third-order valence-electron chi connectivity index (χ3n) is 2.09. The number of hydrogen-bond donors (Lipinski definition) is 1. The van der Waals surface area contributed by atoms with Crippen LogP contribution in [-0.4, -0.2) is 17.7 Å². The zero-order chi connectivity index (χ0) is 10.3. The normalized spacial score (nSPS) is 13.6. The van der Waals surface area contributed by atoms with Crippen molar-refractivity contribution in [1.82, 2.24) is 0 Å². The second-order valence-corrected chi connectivity index (χ2v) is 4.16. The van der Waals surface area contributed by atoms with Crippen LogP contribution in [0.4, 0.5) is 0 Å². The summed E-state index contributed by atoms with van der Waals surface area (Å²) in [7, 11) is 0. The second kappa shape index (κ2) is 3.44. The fourth-order valence-electron chi connectivity index (χ4n) is 1.45. The number of carboxylic acids is 1. The van der Waals surface area contributed by atoms with Gasteiger partial charge in [-0.25, -0.2) is 4.79 Å². The Labute approximate surface area is 93.8 Å². The van der Waals surface area contributed by atoms with Crippen LogP contribution < -0.4 is 4.74 Å². The Morgan fingerprint density at radius 1 is 1.64 bits per heavy atom. The van der Waals surface area contributed by atoms with E-state index in [1.165, 1.54) is 6.07 Å². The summed E-state index contributed by atoms with van der Waals surface area (Å²) in [5.74, 6) is -0.356. The summed E-state index contributed by atoms with van der Waals surface area (Å²) < 4.78 is 5.97. The number of ether oxygens (including phenoxy) is 1. The average molecular weight is 278 g/mol. The van der Waals surface area contributed by atoms with Gasteiger partial charge in [0.05, 0.1) is 21.7 Å². The number of fused-ring (bicyclic) bond motifs is 1. The Kier molecular flexibility index (Phi) is 2.41. The molecule has 0 atom stereocenters. The fourth-order valence-corrected chi connectivity index (χ4v) is 2.35. The Bertz CT molecular complexity index is 417. The van der Waals surface area contributed by atoms with E-state index in [0.717, 1.165) is 5.56 Å². The third kappa shape index (κ3) is 1.38. The quantitative estimate of drug-likeness (QED) is 0.858. The summed E-state index contributed by atoms with van der Waals surface area (Å²) in [5.41, 5.74) is 0.890. The van der Waals surface area contributed by atoms with Crippen molar-refractivity contribution in [2.24, 2.45) is 0 Å². The van der Waals surface area contributed by atoms with Gasteiger partial charge >= 0.3 is 5.97 Å². The second-order valence-electron chi connectivity index (χ2n) is 2.93. The molecule has 0 aromatic heterocycles. The highest BCUT2D eigenvalue weighted by Gasteiger charge is 2.23. The first-order chi connectivity index (χ1) is 6.61. The molecule has 0 saturated carbocycles. The summed E-state index contributed by atoms with van der Waals surface area (Å²) in [6, 6.07) is 1.47. The van der Waals surface area contributed by atoms with E-state index in [0.29, 0.717) is 23.2 Å². The number of aromatic carboxylic acids is 1. The molecule has 1 aromatic rings. The van der Waals surface area contributed by atoms with E-state index in [-0.39, 0.29) is 10.6 Å². The van der Waals surface area contributed by atoms with E-state index in [9.17, 15) is 4.79 Å². The molecule has 1 heterocycles. The van der Waals surface area contributed by atoms with Gasteiger partial charge in [0.1, 0.15) is 5.75 Å². The molecule has 0 radical (unpaired) electrons. The number of rotatable bonds is 1. The van der Waals surface area contributed by atoms with E-state index >= 15 is 0 Å². The van der Waals surface area contributed by atoms with Crippen LogP contribution in [0.15, 0.2) is 10.5 Å². The summed E-state index contributed by atoms with van der Waals surface area (Å²) in [6.07, 6.45) is 0.661. The first-order valence-corrected chi connectivity index (χ1v) is 5.15. The molecule has 0 aliphatic carbocycles. The molecule has 1 N–H and O–H groups in total. The van der Waals surface area contributed by atoms with Crippen LogP contribution in [0.1, 0.15) is 15.9 Å². The lowest BCUT2D eigenvalue weighted by molar-refractivity contribution is 0.0697. The molecule has 0 bridgehead atoms. The van der Waals surface area contributed by atoms with Crippen LogP contribution in [0.25, 0.3) is 0 Å². The van der Waals surface area contributed by atoms with E-state index in [1.54, 1.807) is 0 Å². The molecule has 1 aromatic carbocycles. The number of halogens is 2. The van der Waals surface area contributed by atoms with Crippen molar-refractivity contribution >= 4 is 33.5 Å². The van der Waals surface area contributed by atoms with Crippen LogP contribution in [0.3, 0.4) is 0 Å². The zero-order valence-corrected chi connectivity index (χ0v) is 9.35. The highest BCUT2D eigenvalue weighted by molar-refractivity contribution is 9.10. The van der Waals surface area contributed by atoms with Gasteiger partial charge in [-0.3, -0.25) is 0 Å². The third-order valence-corrected chi connectivity index (χ3v) is 3.11. The zero-order valence-electron chi connectivity index (χ0n) is 7.01. The molecule has 1 aliphatic rings. The maximum absolute atomic E-state index is 10.8. The highest BCUT2D eigenvalue weighted by Crippen LogP contribution is 2.40. The first-order valence-electron chi connectivity index (χ1n) is 3.98. The smallest absolute Gasteiger partial charge is 0.337 e. The minimum atomic E-state index is -1.02. The van der Waals surface area contributed by atoms with Crippen molar-refractivity contribution in [2.45, 2.75) is 6.42 Å². The maximum Gasteiger partial charge on any atom is 0.337 e. The molecule has 2 rings (SSSR count). The van der Waals surface area contributed by atoms with Crippen molar-refractivity contribution in [2.75, 3.05) is 6.61 Å². The molecule has 0 amide bonds. The number of hydrogen-bond acceptors (Lipinski definition) is 2. The molecule has 0 spiro atoms. The fraction of sp³-hybridized carbons (Fsp3) is 0.222. The monoisotopic (exact) mass is 276 g/mol. The lowest BCUT2D eigenvalue weighted by Crippen LogP contribution is -1.99.